The van der Waals surface area contributed by atoms with Gasteiger partial charge < -0.3 is 20.1 Å². The maximum atomic E-state index is 13.3. The van der Waals surface area contributed by atoms with Crippen LogP contribution in [0.1, 0.15) is 32.5 Å². The number of hydrogen-bond acceptors (Lipinski definition) is 4. The Morgan fingerprint density at radius 1 is 1.39 bits per heavy atom. The van der Waals surface area contributed by atoms with Crippen molar-refractivity contribution >= 4 is 5.91 Å². The van der Waals surface area contributed by atoms with Gasteiger partial charge in [0.1, 0.15) is 0 Å². The zero-order valence-corrected chi connectivity index (χ0v) is 13.3. The number of aliphatic hydroxyl groups is 2. The van der Waals surface area contributed by atoms with E-state index in [1.807, 2.05) is 0 Å². The van der Waals surface area contributed by atoms with E-state index in [2.05, 4.69) is 10.3 Å². The molecule has 0 aliphatic carbocycles. The Kier molecular flexibility index (Phi) is 5.81. The molecule has 1 amide bonds. The van der Waals surface area contributed by atoms with Gasteiger partial charge in [0.25, 0.3) is 0 Å². The van der Waals surface area contributed by atoms with Crippen LogP contribution in [0.3, 0.4) is 0 Å². The topological polar surface area (TPSA) is 87.4 Å². The van der Waals surface area contributed by atoms with Crippen molar-refractivity contribution in [3.63, 3.8) is 0 Å². The van der Waals surface area contributed by atoms with Gasteiger partial charge in [-0.15, -0.1) is 0 Å². The third-order valence-electron chi connectivity index (χ3n) is 3.63. The summed E-state index contributed by atoms with van der Waals surface area (Å²) in [6.07, 6.45) is -3.47. The molecular weight excluding hydrogens is 315 g/mol. The Bertz CT molecular complexity index is 543. The molecule has 0 bridgehead atoms. The molecule has 1 heterocycles. The largest absolute Gasteiger partial charge is 0.425 e. The molecule has 1 aromatic heterocycles. The number of nitrogens with zero attached hydrogens (tertiary/aromatic N) is 2. The summed E-state index contributed by atoms with van der Waals surface area (Å²) in [4.78, 5) is 15.4. The van der Waals surface area contributed by atoms with Crippen molar-refractivity contribution < 1.29 is 28.2 Å². The van der Waals surface area contributed by atoms with Crippen molar-refractivity contribution in [1.82, 2.24) is 14.9 Å². The van der Waals surface area contributed by atoms with E-state index in [0.29, 0.717) is 6.42 Å². The SMILES string of the molecule is Cn1ccnc1C(O)(CC(=O)NCC(C)(C)CCO)C(F)(F)F. The van der Waals surface area contributed by atoms with Crippen LogP contribution in [-0.4, -0.2) is 45.0 Å². The van der Waals surface area contributed by atoms with Crippen LogP contribution in [0.4, 0.5) is 13.2 Å². The quantitative estimate of drug-likeness (QED) is 0.695. The van der Waals surface area contributed by atoms with Gasteiger partial charge in [0.05, 0.1) is 6.42 Å². The number of rotatable bonds is 7. The van der Waals surface area contributed by atoms with Gasteiger partial charge in [-0.2, -0.15) is 13.2 Å². The van der Waals surface area contributed by atoms with Gasteiger partial charge in [0.15, 0.2) is 5.82 Å². The minimum absolute atomic E-state index is 0.0842. The van der Waals surface area contributed by atoms with Crippen molar-refractivity contribution in [1.29, 1.82) is 0 Å². The highest BCUT2D eigenvalue weighted by molar-refractivity contribution is 5.77. The van der Waals surface area contributed by atoms with E-state index < -0.39 is 35.3 Å². The smallest absolute Gasteiger partial charge is 0.396 e. The van der Waals surface area contributed by atoms with Gasteiger partial charge >= 0.3 is 6.18 Å². The van der Waals surface area contributed by atoms with E-state index in [1.54, 1.807) is 13.8 Å². The van der Waals surface area contributed by atoms with Gasteiger partial charge in [0, 0.05) is 32.6 Å². The normalized spacial score (nSPS) is 15.3. The minimum atomic E-state index is -5.05. The summed E-state index contributed by atoms with van der Waals surface area (Å²) in [5, 5.41) is 21.4. The van der Waals surface area contributed by atoms with Crippen LogP contribution >= 0.6 is 0 Å². The van der Waals surface area contributed by atoms with E-state index in [-0.39, 0.29) is 13.2 Å². The highest BCUT2D eigenvalue weighted by atomic mass is 19.4. The Balaban J connectivity index is 2.88. The summed E-state index contributed by atoms with van der Waals surface area (Å²) in [7, 11) is 1.31. The Morgan fingerprint density at radius 3 is 2.43 bits per heavy atom. The van der Waals surface area contributed by atoms with E-state index >= 15 is 0 Å². The lowest BCUT2D eigenvalue weighted by molar-refractivity contribution is -0.271. The predicted octanol–water partition coefficient (Wildman–Crippen LogP) is 1.08. The molecule has 0 aliphatic rings. The molecule has 1 unspecified atom stereocenters. The lowest BCUT2D eigenvalue weighted by Crippen LogP contribution is -2.48. The van der Waals surface area contributed by atoms with Crippen LogP contribution in [0.25, 0.3) is 0 Å². The first-order valence-corrected chi connectivity index (χ1v) is 7.07. The number of halogens is 3. The lowest BCUT2D eigenvalue weighted by atomic mass is 9.89. The van der Waals surface area contributed by atoms with E-state index in [9.17, 15) is 23.1 Å². The average molecular weight is 337 g/mol. The molecule has 1 aromatic rings. The summed E-state index contributed by atoms with van der Waals surface area (Å²) in [6.45, 7) is 3.51. The van der Waals surface area contributed by atoms with Crippen LogP contribution < -0.4 is 5.32 Å². The first kappa shape index (κ1) is 19.4. The Morgan fingerprint density at radius 2 is 2.00 bits per heavy atom. The highest BCUT2D eigenvalue weighted by Gasteiger charge is 2.58. The van der Waals surface area contributed by atoms with Crippen molar-refractivity contribution in [2.75, 3.05) is 13.2 Å². The number of aromatic nitrogens is 2. The molecule has 1 rings (SSSR count). The standard InChI is InChI=1S/C14H22F3N3O3/c1-12(2,4-7-21)9-19-10(22)8-13(23,14(15,16)17)11-18-5-6-20(11)3/h5-6,21,23H,4,7-9H2,1-3H3,(H,19,22). The summed E-state index contributed by atoms with van der Waals surface area (Å²) in [6, 6.07) is 0. The van der Waals surface area contributed by atoms with Crippen molar-refractivity contribution in [2.24, 2.45) is 12.5 Å². The molecule has 0 saturated carbocycles. The summed E-state index contributed by atoms with van der Waals surface area (Å²) >= 11 is 0. The Labute approximate surface area is 132 Å². The first-order chi connectivity index (χ1) is 10.4. The highest BCUT2D eigenvalue weighted by Crippen LogP contribution is 2.40. The number of carbonyl (C=O) groups is 1. The predicted molar refractivity (Wildman–Crippen MR) is 76.3 cm³/mol. The van der Waals surface area contributed by atoms with Gasteiger partial charge in [0.2, 0.25) is 11.5 Å². The van der Waals surface area contributed by atoms with Crippen molar-refractivity contribution in [3.05, 3.63) is 18.2 Å². The van der Waals surface area contributed by atoms with Crippen LogP contribution in [0.2, 0.25) is 0 Å². The summed E-state index contributed by atoms with van der Waals surface area (Å²) in [5.41, 5.74) is -3.83. The molecule has 0 radical (unpaired) electrons. The van der Waals surface area contributed by atoms with Crippen LogP contribution in [0, 0.1) is 5.41 Å². The zero-order valence-electron chi connectivity index (χ0n) is 13.3. The molecule has 0 spiro atoms. The lowest BCUT2D eigenvalue weighted by Gasteiger charge is -2.30. The zero-order chi connectivity index (χ0) is 17.9. The molecule has 0 saturated heterocycles. The fourth-order valence-electron chi connectivity index (χ4n) is 2.09. The number of carbonyl (C=O) groups excluding carboxylic acids is 1. The third kappa shape index (κ3) is 4.68. The second-order valence-electron chi connectivity index (χ2n) is 6.31. The van der Waals surface area contributed by atoms with Gasteiger partial charge in [-0.25, -0.2) is 4.98 Å². The number of amides is 1. The molecule has 9 heteroatoms. The molecule has 132 valence electrons. The first-order valence-electron chi connectivity index (χ1n) is 7.07. The number of alkyl halides is 3. The molecule has 1 atom stereocenters. The van der Waals surface area contributed by atoms with E-state index in [4.69, 9.17) is 5.11 Å². The molecule has 3 N–H and O–H groups in total. The monoisotopic (exact) mass is 337 g/mol. The van der Waals surface area contributed by atoms with Crippen LogP contribution in [0.15, 0.2) is 12.4 Å². The number of nitrogens with one attached hydrogen (secondary N) is 1. The van der Waals surface area contributed by atoms with Gasteiger partial charge in [-0.05, 0) is 11.8 Å². The fraction of sp³-hybridized carbons (Fsp3) is 0.714. The molecule has 0 fully saturated rings. The number of aryl methyl sites for hydroxylation is 1. The van der Waals surface area contributed by atoms with Crippen molar-refractivity contribution in [2.45, 2.75) is 38.5 Å². The Hall–Kier alpha value is -1.61. The van der Waals surface area contributed by atoms with E-state index in [0.717, 1.165) is 10.8 Å². The molecule has 23 heavy (non-hydrogen) atoms. The minimum Gasteiger partial charge on any atom is -0.396 e. The number of hydrogen-bond donors (Lipinski definition) is 3. The number of imidazole rings is 1. The van der Waals surface area contributed by atoms with E-state index in [1.165, 1.54) is 13.2 Å². The van der Waals surface area contributed by atoms with Gasteiger partial charge in [-0.1, -0.05) is 13.8 Å². The van der Waals surface area contributed by atoms with Crippen LogP contribution in [0.5, 0.6) is 0 Å². The second-order valence-corrected chi connectivity index (χ2v) is 6.31. The van der Waals surface area contributed by atoms with Crippen LogP contribution in [-0.2, 0) is 17.4 Å². The summed E-state index contributed by atoms with van der Waals surface area (Å²) < 4.78 is 40.9. The van der Waals surface area contributed by atoms with Gasteiger partial charge in [-0.3, -0.25) is 4.79 Å². The maximum Gasteiger partial charge on any atom is 0.425 e. The van der Waals surface area contributed by atoms with Crippen molar-refractivity contribution in [3.8, 4) is 0 Å². The molecule has 6 nitrogen and oxygen atoms in total. The molecule has 0 aromatic carbocycles. The molecular formula is C14H22F3N3O3. The average Bonchev–Trinajstić information content (AvgIpc) is 2.82. The molecule has 0 aliphatic heterocycles. The summed E-state index contributed by atoms with van der Waals surface area (Å²) in [5.74, 6) is -1.59. The second kappa shape index (κ2) is 6.88. The maximum absolute atomic E-state index is 13.3. The fourth-order valence-corrected chi connectivity index (χ4v) is 2.09. The third-order valence-corrected chi connectivity index (χ3v) is 3.63. The number of aliphatic hydroxyl groups excluding tert-OH is 1.